The predicted molar refractivity (Wildman–Crippen MR) is 86.3 cm³/mol. The molecule has 3 rings (SSSR count). The molecule has 1 aromatic heterocycles. The zero-order valence-corrected chi connectivity index (χ0v) is 12.8. The highest BCUT2D eigenvalue weighted by atomic mass is 15.2. The van der Waals surface area contributed by atoms with Gasteiger partial charge in [-0.25, -0.2) is 4.98 Å². The van der Waals surface area contributed by atoms with E-state index >= 15 is 0 Å². The molecule has 2 aromatic rings. The second-order valence-electron chi connectivity index (χ2n) is 5.67. The highest BCUT2D eigenvalue weighted by Crippen LogP contribution is 2.19. The molecule has 114 valence electrons. The van der Waals surface area contributed by atoms with Gasteiger partial charge in [0, 0.05) is 39.3 Å². The molecule has 1 aromatic carbocycles. The van der Waals surface area contributed by atoms with Crippen molar-refractivity contribution in [2.45, 2.75) is 26.4 Å². The van der Waals surface area contributed by atoms with Gasteiger partial charge in [0.2, 0.25) is 0 Å². The lowest BCUT2D eigenvalue weighted by atomic mass is 10.1. The van der Waals surface area contributed by atoms with Crippen LogP contribution in [0, 0.1) is 0 Å². The molecule has 0 atom stereocenters. The standard InChI is InChI=1S/C16H25N5/c1-2-13-3-4-15-14(11-13)19-16(21(15)8-5-17)12-20-9-6-18-7-10-20/h3-4,11,18H,2,5-10,12,17H2,1H3. The molecule has 0 amide bonds. The Kier molecular flexibility index (Phi) is 4.53. The van der Waals surface area contributed by atoms with Gasteiger partial charge in [0.25, 0.3) is 0 Å². The molecular weight excluding hydrogens is 262 g/mol. The van der Waals surface area contributed by atoms with Gasteiger partial charge in [0.15, 0.2) is 0 Å². The number of hydrogen-bond acceptors (Lipinski definition) is 4. The number of nitrogens with two attached hydrogens (primary N) is 1. The molecule has 5 nitrogen and oxygen atoms in total. The van der Waals surface area contributed by atoms with E-state index in [1.807, 2.05) is 0 Å². The van der Waals surface area contributed by atoms with Crippen molar-refractivity contribution in [2.24, 2.45) is 5.73 Å². The summed E-state index contributed by atoms with van der Waals surface area (Å²) in [5.41, 5.74) is 9.45. The van der Waals surface area contributed by atoms with E-state index in [1.165, 1.54) is 11.1 Å². The van der Waals surface area contributed by atoms with Gasteiger partial charge >= 0.3 is 0 Å². The Labute approximate surface area is 126 Å². The Bertz CT molecular complexity index is 598. The van der Waals surface area contributed by atoms with Gasteiger partial charge in [-0.2, -0.15) is 0 Å². The van der Waals surface area contributed by atoms with Crippen molar-refractivity contribution < 1.29 is 0 Å². The number of fused-ring (bicyclic) bond motifs is 1. The first-order chi connectivity index (χ1) is 10.3. The third-order valence-electron chi connectivity index (χ3n) is 4.23. The summed E-state index contributed by atoms with van der Waals surface area (Å²) in [6.07, 6.45) is 1.05. The molecule has 2 heterocycles. The van der Waals surface area contributed by atoms with Crippen LogP contribution in [0.1, 0.15) is 18.3 Å². The maximum absolute atomic E-state index is 5.80. The van der Waals surface area contributed by atoms with Gasteiger partial charge < -0.3 is 15.6 Å². The monoisotopic (exact) mass is 287 g/mol. The first kappa shape index (κ1) is 14.5. The SMILES string of the molecule is CCc1ccc2c(c1)nc(CN1CCNCC1)n2CCN. The minimum Gasteiger partial charge on any atom is -0.329 e. The molecule has 1 fully saturated rings. The van der Waals surface area contributed by atoms with Crippen molar-refractivity contribution in [1.29, 1.82) is 0 Å². The Morgan fingerprint density at radius 2 is 2.10 bits per heavy atom. The van der Waals surface area contributed by atoms with Gasteiger partial charge in [-0.05, 0) is 24.1 Å². The van der Waals surface area contributed by atoms with Crippen LogP contribution < -0.4 is 11.1 Å². The van der Waals surface area contributed by atoms with E-state index in [0.717, 1.165) is 57.0 Å². The fraction of sp³-hybridized carbons (Fsp3) is 0.562. The second-order valence-corrected chi connectivity index (χ2v) is 5.67. The molecule has 0 spiro atoms. The molecule has 0 aliphatic carbocycles. The van der Waals surface area contributed by atoms with E-state index in [-0.39, 0.29) is 0 Å². The van der Waals surface area contributed by atoms with E-state index in [2.05, 4.69) is 39.9 Å². The van der Waals surface area contributed by atoms with Gasteiger partial charge in [0.05, 0.1) is 17.6 Å². The topological polar surface area (TPSA) is 59.1 Å². The molecule has 3 N–H and O–H groups in total. The summed E-state index contributed by atoms with van der Waals surface area (Å²) in [5, 5.41) is 3.39. The maximum Gasteiger partial charge on any atom is 0.124 e. The van der Waals surface area contributed by atoms with Crippen LogP contribution >= 0.6 is 0 Å². The van der Waals surface area contributed by atoms with E-state index in [4.69, 9.17) is 10.7 Å². The number of rotatable bonds is 5. The van der Waals surface area contributed by atoms with Crippen molar-refractivity contribution >= 4 is 11.0 Å². The Morgan fingerprint density at radius 1 is 1.29 bits per heavy atom. The average Bonchev–Trinajstić information content (AvgIpc) is 2.85. The minimum absolute atomic E-state index is 0.648. The van der Waals surface area contributed by atoms with Crippen LogP contribution in [-0.2, 0) is 19.5 Å². The number of piperazine rings is 1. The zero-order valence-electron chi connectivity index (χ0n) is 12.8. The molecule has 0 unspecified atom stereocenters. The Morgan fingerprint density at radius 3 is 2.81 bits per heavy atom. The summed E-state index contributed by atoms with van der Waals surface area (Å²) in [6.45, 7) is 8.89. The van der Waals surface area contributed by atoms with Gasteiger partial charge in [-0.15, -0.1) is 0 Å². The van der Waals surface area contributed by atoms with Crippen LogP contribution in [0.15, 0.2) is 18.2 Å². The molecule has 0 saturated carbocycles. The molecule has 1 aliphatic rings. The first-order valence-corrected chi connectivity index (χ1v) is 7.93. The lowest BCUT2D eigenvalue weighted by molar-refractivity contribution is 0.225. The number of aromatic nitrogens is 2. The third-order valence-corrected chi connectivity index (χ3v) is 4.23. The third kappa shape index (κ3) is 3.10. The van der Waals surface area contributed by atoms with Crippen molar-refractivity contribution in [1.82, 2.24) is 19.8 Å². The summed E-state index contributed by atoms with van der Waals surface area (Å²) in [7, 11) is 0. The fourth-order valence-electron chi connectivity index (χ4n) is 3.01. The van der Waals surface area contributed by atoms with Crippen LogP contribution in [0.3, 0.4) is 0 Å². The van der Waals surface area contributed by atoms with E-state index in [9.17, 15) is 0 Å². The van der Waals surface area contributed by atoms with Gasteiger partial charge in [-0.1, -0.05) is 13.0 Å². The first-order valence-electron chi connectivity index (χ1n) is 7.93. The lowest BCUT2D eigenvalue weighted by Gasteiger charge is -2.27. The van der Waals surface area contributed by atoms with E-state index in [0.29, 0.717) is 6.54 Å². The molecule has 1 aliphatic heterocycles. The molecule has 1 saturated heterocycles. The largest absolute Gasteiger partial charge is 0.329 e. The summed E-state index contributed by atoms with van der Waals surface area (Å²) in [6, 6.07) is 6.60. The number of nitrogens with zero attached hydrogens (tertiary/aromatic N) is 3. The summed E-state index contributed by atoms with van der Waals surface area (Å²) >= 11 is 0. The molecule has 5 heteroatoms. The van der Waals surface area contributed by atoms with Crippen LogP contribution in [-0.4, -0.2) is 47.2 Å². The van der Waals surface area contributed by atoms with Gasteiger partial charge in [-0.3, -0.25) is 4.90 Å². The fourth-order valence-corrected chi connectivity index (χ4v) is 3.01. The van der Waals surface area contributed by atoms with E-state index in [1.54, 1.807) is 0 Å². The van der Waals surface area contributed by atoms with Crippen molar-refractivity contribution in [3.05, 3.63) is 29.6 Å². The van der Waals surface area contributed by atoms with Crippen LogP contribution in [0.25, 0.3) is 11.0 Å². The van der Waals surface area contributed by atoms with Crippen molar-refractivity contribution in [2.75, 3.05) is 32.7 Å². The normalized spacial score (nSPS) is 16.7. The smallest absolute Gasteiger partial charge is 0.124 e. The number of aryl methyl sites for hydroxylation is 1. The summed E-state index contributed by atoms with van der Waals surface area (Å²) in [5.74, 6) is 1.14. The van der Waals surface area contributed by atoms with Crippen molar-refractivity contribution in [3.8, 4) is 0 Å². The highest BCUT2D eigenvalue weighted by Gasteiger charge is 2.16. The summed E-state index contributed by atoms with van der Waals surface area (Å²) < 4.78 is 2.29. The quantitative estimate of drug-likeness (QED) is 0.860. The Balaban J connectivity index is 1.93. The molecule has 21 heavy (non-hydrogen) atoms. The molecule has 0 bridgehead atoms. The van der Waals surface area contributed by atoms with Crippen LogP contribution in [0.2, 0.25) is 0 Å². The molecular formula is C16H25N5. The Hall–Kier alpha value is -1.43. The number of benzene rings is 1. The average molecular weight is 287 g/mol. The lowest BCUT2D eigenvalue weighted by Crippen LogP contribution is -2.43. The second kappa shape index (κ2) is 6.56. The van der Waals surface area contributed by atoms with Crippen LogP contribution in [0.4, 0.5) is 0 Å². The molecule has 0 radical (unpaired) electrons. The van der Waals surface area contributed by atoms with E-state index < -0.39 is 0 Å². The van der Waals surface area contributed by atoms with Crippen molar-refractivity contribution in [3.63, 3.8) is 0 Å². The minimum atomic E-state index is 0.648. The number of nitrogens with one attached hydrogen (secondary N) is 1. The number of imidazole rings is 1. The zero-order chi connectivity index (χ0) is 14.7. The van der Waals surface area contributed by atoms with Crippen LogP contribution in [0.5, 0.6) is 0 Å². The predicted octanol–water partition coefficient (Wildman–Crippen LogP) is 0.963. The number of hydrogen-bond donors (Lipinski definition) is 2. The highest BCUT2D eigenvalue weighted by molar-refractivity contribution is 5.77. The summed E-state index contributed by atoms with van der Waals surface area (Å²) in [4.78, 5) is 7.34. The van der Waals surface area contributed by atoms with Gasteiger partial charge in [0.1, 0.15) is 5.82 Å². The maximum atomic E-state index is 5.80.